The quantitative estimate of drug-likeness (QED) is 0.780. The molecule has 0 aromatic heterocycles. The van der Waals surface area contributed by atoms with Crippen LogP contribution in [0.3, 0.4) is 0 Å². The zero-order valence-electron chi connectivity index (χ0n) is 12.3. The molecule has 6 nitrogen and oxygen atoms in total. The van der Waals surface area contributed by atoms with Crippen molar-refractivity contribution in [1.82, 2.24) is 10.2 Å². The highest BCUT2D eigenvalue weighted by molar-refractivity contribution is 5.95. The Morgan fingerprint density at radius 3 is 2.67 bits per heavy atom. The smallest absolute Gasteiger partial charge is 0.316 e. The number of benzene rings is 1. The summed E-state index contributed by atoms with van der Waals surface area (Å²) in [6, 6.07) is 6.20. The maximum atomic E-state index is 12.5. The molecule has 0 aliphatic carbocycles. The van der Waals surface area contributed by atoms with Crippen molar-refractivity contribution in [2.45, 2.75) is 12.8 Å². The third-order valence-corrected chi connectivity index (χ3v) is 3.70. The van der Waals surface area contributed by atoms with Crippen LogP contribution < -0.4 is 16.4 Å². The fourth-order valence-corrected chi connectivity index (χ4v) is 2.73. The summed E-state index contributed by atoms with van der Waals surface area (Å²) in [5, 5.41) is 5.65. The van der Waals surface area contributed by atoms with Crippen LogP contribution in [0.15, 0.2) is 24.3 Å². The summed E-state index contributed by atoms with van der Waals surface area (Å²) in [4.78, 5) is 25.1. The molecule has 114 valence electrons. The van der Waals surface area contributed by atoms with Crippen molar-refractivity contribution in [3.63, 3.8) is 0 Å². The number of hydrogen-bond donors (Lipinski definition) is 3. The number of urea groups is 1. The van der Waals surface area contributed by atoms with Crippen molar-refractivity contribution in [3.8, 4) is 0 Å². The molecule has 0 spiro atoms. The lowest BCUT2D eigenvalue weighted by Gasteiger charge is -2.32. The van der Waals surface area contributed by atoms with Crippen LogP contribution in [0.2, 0.25) is 0 Å². The molecule has 21 heavy (non-hydrogen) atoms. The highest BCUT2D eigenvalue weighted by atomic mass is 16.2. The highest BCUT2D eigenvalue weighted by Gasteiger charge is 2.23. The Labute approximate surface area is 124 Å². The number of hydrogen-bond acceptors (Lipinski definition) is 3. The van der Waals surface area contributed by atoms with E-state index >= 15 is 0 Å². The molecule has 1 aliphatic rings. The second-order valence-corrected chi connectivity index (χ2v) is 5.38. The number of piperidine rings is 1. The van der Waals surface area contributed by atoms with Crippen LogP contribution in [-0.4, -0.2) is 43.5 Å². The van der Waals surface area contributed by atoms with Gasteiger partial charge in [-0.25, -0.2) is 4.79 Å². The van der Waals surface area contributed by atoms with E-state index in [1.807, 2.05) is 11.9 Å². The maximum Gasteiger partial charge on any atom is 0.316 e. The topological polar surface area (TPSA) is 87.5 Å². The van der Waals surface area contributed by atoms with Gasteiger partial charge in [-0.1, -0.05) is 0 Å². The highest BCUT2D eigenvalue weighted by Crippen LogP contribution is 2.19. The Bertz CT molecular complexity index is 499. The number of rotatable bonds is 4. The van der Waals surface area contributed by atoms with Crippen molar-refractivity contribution < 1.29 is 9.59 Å². The number of carbonyl (C=O) groups is 2. The van der Waals surface area contributed by atoms with Crippen LogP contribution in [0.4, 0.5) is 10.5 Å². The van der Waals surface area contributed by atoms with Crippen LogP contribution in [0.1, 0.15) is 23.2 Å². The van der Waals surface area contributed by atoms with Crippen LogP contribution in [0.25, 0.3) is 0 Å². The molecule has 1 unspecified atom stereocenters. The molecule has 0 saturated carbocycles. The Morgan fingerprint density at radius 2 is 2.05 bits per heavy atom. The summed E-state index contributed by atoms with van der Waals surface area (Å²) in [6.07, 6.45) is 2.20. The lowest BCUT2D eigenvalue weighted by atomic mass is 9.97. The average Bonchev–Trinajstić information content (AvgIpc) is 2.47. The Kier molecular flexibility index (Phi) is 5.16. The fraction of sp³-hybridized carbons (Fsp3) is 0.467. The van der Waals surface area contributed by atoms with Crippen LogP contribution in [0, 0.1) is 5.92 Å². The van der Waals surface area contributed by atoms with E-state index in [1.165, 1.54) is 0 Å². The molecule has 2 rings (SSSR count). The van der Waals surface area contributed by atoms with Gasteiger partial charge >= 0.3 is 6.03 Å². The number of nitrogens with one attached hydrogen (secondary N) is 2. The molecule has 3 amide bonds. The van der Waals surface area contributed by atoms with Crippen LogP contribution in [-0.2, 0) is 0 Å². The Balaban J connectivity index is 2.00. The van der Waals surface area contributed by atoms with Gasteiger partial charge in [-0.2, -0.15) is 0 Å². The fourth-order valence-electron chi connectivity index (χ4n) is 2.73. The van der Waals surface area contributed by atoms with Gasteiger partial charge in [-0.15, -0.1) is 0 Å². The second-order valence-electron chi connectivity index (χ2n) is 5.38. The predicted octanol–water partition coefficient (Wildman–Crippen LogP) is 1.25. The van der Waals surface area contributed by atoms with Gasteiger partial charge in [0.05, 0.1) is 0 Å². The van der Waals surface area contributed by atoms with Gasteiger partial charge in [-0.3, -0.25) is 4.79 Å². The minimum Gasteiger partial charge on any atom is -0.351 e. The average molecular weight is 290 g/mol. The van der Waals surface area contributed by atoms with Gasteiger partial charge in [0.2, 0.25) is 0 Å². The normalized spacial score (nSPS) is 18.3. The number of anilines is 1. The third-order valence-electron chi connectivity index (χ3n) is 3.70. The van der Waals surface area contributed by atoms with Crippen LogP contribution in [0.5, 0.6) is 0 Å². The van der Waals surface area contributed by atoms with Gasteiger partial charge in [-0.05, 0) is 56.6 Å². The van der Waals surface area contributed by atoms with E-state index in [0.29, 0.717) is 17.2 Å². The number of amides is 3. The van der Waals surface area contributed by atoms with E-state index in [-0.39, 0.29) is 5.91 Å². The molecular weight excluding hydrogens is 268 g/mol. The molecule has 1 saturated heterocycles. The molecule has 4 N–H and O–H groups in total. The SMILES string of the molecule is CNCC1CCCN(C(=O)c2ccc(NC(N)=O)cc2)C1. The largest absolute Gasteiger partial charge is 0.351 e. The minimum absolute atomic E-state index is 0.0430. The predicted molar refractivity (Wildman–Crippen MR) is 82.2 cm³/mol. The number of carbonyl (C=O) groups excluding carboxylic acids is 2. The molecule has 1 aliphatic heterocycles. The van der Waals surface area contributed by atoms with E-state index in [0.717, 1.165) is 32.5 Å². The van der Waals surface area contributed by atoms with Gasteiger partial charge < -0.3 is 21.3 Å². The van der Waals surface area contributed by atoms with Crippen LogP contribution >= 0.6 is 0 Å². The first kappa shape index (κ1) is 15.3. The lowest BCUT2D eigenvalue weighted by molar-refractivity contribution is 0.0674. The molecule has 1 aromatic rings. The van der Waals surface area contributed by atoms with Gasteiger partial charge in [0.1, 0.15) is 0 Å². The molecular formula is C15H22N4O2. The van der Waals surface area contributed by atoms with Gasteiger partial charge in [0.25, 0.3) is 5.91 Å². The molecule has 1 heterocycles. The van der Waals surface area contributed by atoms with Crippen molar-refractivity contribution in [2.75, 3.05) is 32.0 Å². The molecule has 1 aromatic carbocycles. The van der Waals surface area contributed by atoms with E-state index in [9.17, 15) is 9.59 Å². The van der Waals surface area contributed by atoms with E-state index in [2.05, 4.69) is 10.6 Å². The molecule has 1 fully saturated rings. The Morgan fingerprint density at radius 1 is 1.33 bits per heavy atom. The number of primary amides is 1. The second kappa shape index (κ2) is 7.08. The van der Waals surface area contributed by atoms with Crippen molar-refractivity contribution in [1.29, 1.82) is 0 Å². The standard InChI is InChI=1S/C15H22N4O2/c1-17-9-11-3-2-8-19(10-11)14(20)12-4-6-13(7-5-12)18-15(16)21/h4-7,11,17H,2-3,8-10H2,1H3,(H3,16,18,21). The van der Waals surface area contributed by atoms with Gasteiger partial charge in [0.15, 0.2) is 0 Å². The van der Waals surface area contributed by atoms with E-state index < -0.39 is 6.03 Å². The third kappa shape index (κ3) is 4.19. The summed E-state index contributed by atoms with van der Waals surface area (Å²) in [7, 11) is 1.94. The molecule has 1 atom stereocenters. The maximum absolute atomic E-state index is 12.5. The van der Waals surface area contributed by atoms with Crippen molar-refractivity contribution in [3.05, 3.63) is 29.8 Å². The summed E-state index contributed by atoms with van der Waals surface area (Å²) in [6.45, 7) is 2.53. The van der Waals surface area contributed by atoms with E-state index in [4.69, 9.17) is 5.73 Å². The molecule has 0 radical (unpaired) electrons. The number of nitrogens with zero attached hydrogens (tertiary/aromatic N) is 1. The number of nitrogens with two attached hydrogens (primary N) is 1. The first-order valence-corrected chi connectivity index (χ1v) is 7.20. The Hall–Kier alpha value is -2.08. The molecule has 6 heteroatoms. The summed E-state index contributed by atoms with van der Waals surface area (Å²) in [5.74, 6) is 0.560. The zero-order valence-corrected chi connectivity index (χ0v) is 12.3. The van der Waals surface area contributed by atoms with Crippen molar-refractivity contribution >= 4 is 17.6 Å². The lowest BCUT2D eigenvalue weighted by Crippen LogP contribution is -2.42. The first-order valence-electron chi connectivity index (χ1n) is 7.20. The van der Waals surface area contributed by atoms with Crippen molar-refractivity contribution in [2.24, 2.45) is 11.7 Å². The zero-order chi connectivity index (χ0) is 15.2. The monoisotopic (exact) mass is 290 g/mol. The first-order chi connectivity index (χ1) is 10.1. The minimum atomic E-state index is -0.611. The summed E-state index contributed by atoms with van der Waals surface area (Å²) < 4.78 is 0. The summed E-state index contributed by atoms with van der Waals surface area (Å²) in [5.41, 5.74) is 6.27. The number of likely N-dealkylation sites (tertiary alicyclic amines) is 1. The molecule has 0 bridgehead atoms. The summed E-state index contributed by atoms with van der Waals surface area (Å²) >= 11 is 0. The van der Waals surface area contributed by atoms with E-state index in [1.54, 1.807) is 24.3 Å². The van der Waals surface area contributed by atoms with Gasteiger partial charge in [0, 0.05) is 24.3 Å².